The van der Waals surface area contributed by atoms with E-state index in [1.807, 2.05) is 49.6 Å². The second-order valence-electron chi connectivity index (χ2n) is 8.70. The van der Waals surface area contributed by atoms with Crippen molar-refractivity contribution in [1.29, 1.82) is 0 Å². The third-order valence-electron chi connectivity index (χ3n) is 4.25. The van der Waals surface area contributed by atoms with Crippen LogP contribution in [0.5, 0.6) is 5.75 Å². The molecule has 9 nitrogen and oxygen atoms in total. The molecule has 0 aliphatic rings. The highest BCUT2D eigenvalue weighted by atomic mass is 32.1. The van der Waals surface area contributed by atoms with E-state index in [1.54, 1.807) is 6.07 Å². The molecule has 4 aromatic rings. The average molecular weight is 471 g/mol. The van der Waals surface area contributed by atoms with Gasteiger partial charge in [0, 0.05) is 19.1 Å². The summed E-state index contributed by atoms with van der Waals surface area (Å²) in [6, 6.07) is 11.1. The second kappa shape index (κ2) is 10.6. The van der Waals surface area contributed by atoms with Gasteiger partial charge < -0.3 is 20.1 Å². The topological polar surface area (TPSA) is 125 Å². The fraction of sp³-hybridized carbons (Fsp3) is 0.391. The lowest BCUT2D eigenvalue weighted by molar-refractivity contribution is 0.0765. The monoisotopic (exact) mass is 470 g/mol. The van der Waals surface area contributed by atoms with Gasteiger partial charge in [0.25, 0.3) is 5.89 Å². The Balaban J connectivity index is 0.000000709. The molecule has 33 heavy (non-hydrogen) atoms. The van der Waals surface area contributed by atoms with Gasteiger partial charge in [-0.3, -0.25) is 0 Å². The van der Waals surface area contributed by atoms with Crippen LogP contribution in [0.3, 0.4) is 0 Å². The lowest BCUT2D eigenvalue weighted by atomic mass is 10.1. The summed E-state index contributed by atoms with van der Waals surface area (Å²) in [6.45, 7) is 10.4. The molecule has 0 atom stereocenters. The number of thiophene rings is 1. The third-order valence-corrected chi connectivity index (χ3v) is 5.11. The van der Waals surface area contributed by atoms with E-state index in [-0.39, 0.29) is 18.3 Å². The molecule has 176 valence electrons. The highest BCUT2D eigenvalue weighted by Crippen LogP contribution is 2.29. The van der Waals surface area contributed by atoms with Gasteiger partial charge in [-0.05, 0) is 43.3 Å². The van der Waals surface area contributed by atoms with Gasteiger partial charge in [-0.25, -0.2) is 0 Å². The first-order valence-electron chi connectivity index (χ1n) is 10.7. The van der Waals surface area contributed by atoms with Crippen molar-refractivity contribution in [3.63, 3.8) is 0 Å². The van der Waals surface area contributed by atoms with Gasteiger partial charge in [0.05, 0.1) is 10.6 Å². The molecule has 0 amide bonds. The molecule has 1 aromatic carbocycles. The minimum atomic E-state index is -0.506. The van der Waals surface area contributed by atoms with E-state index >= 15 is 0 Å². The summed E-state index contributed by atoms with van der Waals surface area (Å²) in [4.78, 5) is 5.26. The minimum Gasteiger partial charge on any atom is -0.488 e. The first-order chi connectivity index (χ1) is 15.7. The molecule has 0 bridgehead atoms. The number of hydrogen-bond donors (Lipinski definition) is 2. The molecule has 3 aromatic heterocycles. The van der Waals surface area contributed by atoms with Crippen LogP contribution in [0.15, 0.2) is 46.3 Å². The molecule has 0 saturated carbocycles. The van der Waals surface area contributed by atoms with Crippen molar-refractivity contribution in [3.8, 4) is 33.7 Å². The molecule has 0 aliphatic carbocycles. The lowest BCUT2D eigenvalue weighted by Gasteiger charge is -2.25. The van der Waals surface area contributed by atoms with E-state index in [1.165, 1.54) is 16.0 Å². The van der Waals surface area contributed by atoms with E-state index in [4.69, 9.17) is 15.0 Å². The number of nitrogens with zero attached hydrogens (tertiary/aromatic N) is 5. The second-order valence-corrected chi connectivity index (χ2v) is 9.65. The van der Waals surface area contributed by atoms with Crippen LogP contribution in [0.25, 0.3) is 28.0 Å². The molecule has 3 N–H and O–H groups in total. The van der Waals surface area contributed by atoms with Crippen LogP contribution in [0.1, 0.15) is 41.0 Å². The Hall–Kier alpha value is -3.24. The number of hydrogen-bond acceptors (Lipinski definition) is 9. The van der Waals surface area contributed by atoms with E-state index in [2.05, 4.69) is 41.2 Å². The highest BCUT2D eigenvalue weighted by Gasteiger charge is 2.22. The quantitative estimate of drug-likeness (QED) is 0.393. The SMILES string of the molecule is CC(C)(CCO)Oc1cccc(-n2nnc(-c3nc(-c4cccs4)no3)c2N)c1.CC(C)C. The van der Waals surface area contributed by atoms with Crippen LogP contribution in [0.2, 0.25) is 0 Å². The van der Waals surface area contributed by atoms with Crippen molar-refractivity contribution in [2.45, 2.75) is 46.6 Å². The molecule has 3 heterocycles. The number of aliphatic hydroxyl groups is 1. The number of ether oxygens (including phenoxy) is 1. The Labute approximate surface area is 197 Å². The number of aliphatic hydroxyl groups excluding tert-OH is 1. The predicted octanol–water partition coefficient (Wildman–Crippen LogP) is 4.83. The molecule has 0 aliphatic heterocycles. The number of nitrogen functional groups attached to an aromatic ring is 1. The number of aromatic nitrogens is 5. The fourth-order valence-corrected chi connectivity index (χ4v) is 3.43. The summed E-state index contributed by atoms with van der Waals surface area (Å²) in [7, 11) is 0. The van der Waals surface area contributed by atoms with Crippen LogP contribution in [-0.2, 0) is 0 Å². The van der Waals surface area contributed by atoms with E-state index < -0.39 is 5.60 Å². The van der Waals surface area contributed by atoms with Crippen LogP contribution in [0, 0.1) is 5.92 Å². The molecule has 0 unspecified atom stereocenters. The van der Waals surface area contributed by atoms with E-state index in [0.29, 0.717) is 29.4 Å². The first-order valence-corrected chi connectivity index (χ1v) is 11.6. The standard InChI is InChI=1S/C19H20N6O3S.C4H10/c1-19(2,8-9-26)27-13-6-3-5-12(11-13)25-16(20)15(22-24-25)18-21-17(23-28-18)14-7-4-10-29-14;1-4(2)3/h3-7,10-11,26H,8-9,20H2,1-2H3;4H,1-3H3. The molecule has 0 fully saturated rings. The molecule has 4 rings (SSSR count). The highest BCUT2D eigenvalue weighted by molar-refractivity contribution is 7.13. The summed E-state index contributed by atoms with van der Waals surface area (Å²) in [5, 5.41) is 23.3. The fourth-order valence-electron chi connectivity index (χ4n) is 2.78. The minimum absolute atomic E-state index is 0.0454. The van der Waals surface area contributed by atoms with Gasteiger partial charge in [0.2, 0.25) is 5.82 Å². The summed E-state index contributed by atoms with van der Waals surface area (Å²) in [5.74, 6) is 2.42. The van der Waals surface area contributed by atoms with Crippen molar-refractivity contribution < 1.29 is 14.4 Å². The van der Waals surface area contributed by atoms with Crippen LogP contribution < -0.4 is 10.5 Å². The third kappa shape index (κ3) is 6.39. The molecule has 10 heteroatoms. The van der Waals surface area contributed by atoms with Gasteiger partial charge in [-0.1, -0.05) is 43.3 Å². The van der Waals surface area contributed by atoms with Crippen LogP contribution in [-0.4, -0.2) is 42.4 Å². The molecular formula is C23H30N6O3S. The number of benzene rings is 1. The van der Waals surface area contributed by atoms with E-state index in [9.17, 15) is 5.11 Å². The number of nitrogens with two attached hydrogens (primary N) is 1. The molecule has 0 saturated heterocycles. The Kier molecular flexibility index (Phi) is 7.83. The maximum atomic E-state index is 9.18. The van der Waals surface area contributed by atoms with Gasteiger partial charge in [-0.15, -0.1) is 16.4 Å². The van der Waals surface area contributed by atoms with Gasteiger partial charge in [0.1, 0.15) is 11.4 Å². The van der Waals surface area contributed by atoms with Gasteiger partial charge in [0.15, 0.2) is 11.5 Å². The van der Waals surface area contributed by atoms with E-state index in [0.717, 1.165) is 10.8 Å². The molecular weight excluding hydrogens is 440 g/mol. The Morgan fingerprint density at radius 1 is 1.21 bits per heavy atom. The average Bonchev–Trinajstić information content (AvgIpc) is 3.48. The summed E-state index contributed by atoms with van der Waals surface area (Å²) >= 11 is 1.51. The van der Waals surface area contributed by atoms with Crippen LogP contribution in [0.4, 0.5) is 5.82 Å². The summed E-state index contributed by atoms with van der Waals surface area (Å²) in [6.07, 6.45) is 0.510. The first kappa shape index (κ1) is 24.4. The van der Waals surface area contributed by atoms with Crippen molar-refractivity contribution in [2.75, 3.05) is 12.3 Å². The Morgan fingerprint density at radius 3 is 2.64 bits per heavy atom. The zero-order valence-corrected chi connectivity index (χ0v) is 20.3. The predicted molar refractivity (Wildman–Crippen MR) is 129 cm³/mol. The zero-order chi connectivity index (χ0) is 24.0. The molecule has 0 radical (unpaired) electrons. The maximum Gasteiger partial charge on any atom is 0.282 e. The Morgan fingerprint density at radius 2 is 1.97 bits per heavy atom. The zero-order valence-electron chi connectivity index (χ0n) is 19.5. The largest absolute Gasteiger partial charge is 0.488 e. The van der Waals surface area contributed by atoms with Crippen molar-refractivity contribution in [2.24, 2.45) is 5.92 Å². The summed E-state index contributed by atoms with van der Waals surface area (Å²) < 4.78 is 12.8. The normalized spacial score (nSPS) is 11.4. The van der Waals surface area contributed by atoms with Gasteiger partial charge >= 0.3 is 0 Å². The summed E-state index contributed by atoms with van der Waals surface area (Å²) in [5.41, 5.74) is 6.74. The smallest absolute Gasteiger partial charge is 0.282 e. The number of rotatable bonds is 7. The van der Waals surface area contributed by atoms with Crippen LogP contribution >= 0.6 is 11.3 Å². The van der Waals surface area contributed by atoms with Gasteiger partial charge in [-0.2, -0.15) is 9.67 Å². The van der Waals surface area contributed by atoms with Crippen molar-refractivity contribution in [1.82, 2.24) is 25.1 Å². The Bertz CT molecular complexity index is 1150. The number of anilines is 1. The van der Waals surface area contributed by atoms with Crippen molar-refractivity contribution in [3.05, 3.63) is 41.8 Å². The van der Waals surface area contributed by atoms with Crippen molar-refractivity contribution >= 4 is 17.2 Å². The molecule has 0 spiro atoms. The maximum absolute atomic E-state index is 9.18. The lowest BCUT2D eigenvalue weighted by Crippen LogP contribution is -2.29.